The van der Waals surface area contributed by atoms with Crippen molar-refractivity contribution >= 4 is 45.8 Å². The first kappa shape index (κ1) is 12.8. The smallest absolute Gasteiger partial charge is 0.0950 e. The Morgan fingerprint density at radius 1 is 1.46 bits per heavy atom. The van der Waals surface area contributed by atoms with Gasteiger partial charge in [0.1, 0.15) is 0 Å². The Balaban J connectivity index is 0.00000144. The zero-order valence-electron chi connectivity index (χ0n) is 6.68. The summed E-state index contributed by atoms with van der Waals surface area (Å²) in [7, 11) is 0. The largest absolute Gasteiger partial charge is 0.387 e. The molecule has 0 saturated heterocycles. The second-order valence-electron chi connectivity index (χ2n) is 2.48. The summed E-state index contributed by atoms with van der Waals surface area (Å²) in [5.74, 6) is 0.143. The molecule has 0 aromatic heterocycles. The van der Waals surface area contributed by atoms with E-state index in [1.165, 1.54) is 0 Å². The average molecular weight is 284 g/mol. The maximum absolute atomic E-state index is 7.09. The van der Waals surface area contributed by atoms with Gasteiger partial charge in [-0.25, -0.2) is 0 Å². The molecule has 0 aliphatic rings. The van der Waals surface area contributed by atoms with Crippen molar-refractivity contribution in [3.63, 3.8) is 0 Å². The third-order valence-corrected chi connectivity index (χ3v) is 1.99. The standard InChI is InChI=1S/C8H8BrClN2.ClH/c9-6-1-5(3-8(11)12)2-7(10)4-6;/h1-2,4H,3H2,(H3,11,12);1H. The van der Waals surface area contributed by atoms with E-state index in [0.29, 0.717) is 11.4 Å². The molecule has 0 atom stereocenters. The van der Waals surface area contributed by atoms with Crippen LogP contribution in [0.25, 0.3) is 0 Å². The molecule has 0 aliphatic carbocycles. The van der Waals surface area contributed by atoms with E-state index in [0.717, 1.165) is 10.0 Å². The molecule has 72 valence electrons. The zero-order chi connectivity index (χ0) is 9.14. The molecule has 3 N–H and O–H groups in total. The predicted molar refractivity (Wildman–Crippen MR) is 62.0 cm³/mol. The van der Waals surface area contributed by atoms with Crippen LogP contribution in [0.4, 0.5) is 0 Å². The molecular formula is C8H9BrCl2N2. The summed E-state index contributed by atoms with van der Waals surface area (Å²) in [5.41, 5.74) is 6.20. The first-order chi connectivity index (χ1) is 5.58. The molecule has 1 aromatic carbocycles. The van der Waals surface area contributed by atoms with Gasteiger partial charge < -0.3 is 5.73 Å². The van der Waals surface area contributed by atoms with Crippen molar-refractivity contribution in [2.75, 3.05) is 0 Å². The van der Waals surface area contributed by atoms with E-state index < -0.39 is 0 Å². The van der Waals surface area contributed by atoms with Crippen LogP contribution in [0.5, 0.6) is 0 Å². The normalized spacial score (nSPS) is 9.08. The molecule has 0 aliphatic heterocycles. The van der Waals surface area contributed by atoms with Crippen LogP contribution < -0.4 is 5.73 Å². The predicted octanol–water partition coefficient (Wildman–Crippen LogP) is 3.00. The van der Waals surface area contributed by atoms with Crippen molar-refractivity contribution in [1.29, 1.82) is 5.41 Å². The van der Waals surface area contributed by atoms with E-state index >= 15 is 0 Å². The maximum atomic E-state index is 7.09. The van der Waals surface area contributed by atoms with Gasteiger partial charge in [0.2, 0.25) is 0 Å². The number of nitrogens with two attached hydrogens (primary N) is 1. The molecule has 5 heteroatoms. The molecule has 2 nitrogen and oxygen atoms in total. The topological polar surface area (TPSA) is 49.9 Å². The van der Waals surface area contributed by atoms with E-state index in [1.54, 1.807) is 12.1 Å². The number of nitrogens with one attached hydrogen (secondary N) is 1. The van der Waals surface area contributed by atoms with Gasteiger partial charge in [-0.05, 0) is 23.8 Å². The zero-order valence-corrected chi connectivity index (χ0v) is 9.84. The summed E-state index contributed by atoms with van der Waals surface area (Å²) in [6, 6.07) is 5.49. The summed E-state index contributed by atoms with van der Waals surface area (Å²) in [5, 5.41) is 7.75. The summed E-state index contributed by atoms with van der Waals surface area (Å²) in [6.07, 6.45) is 0.444. The van der Waals surface area contributed by atoms with Crippen LogP contribution in [0.3, 0.4) is 0 Å². The van der Waals surface area contributed by atoms with Gasteiger partial charge in [0.15, 0.2) is 0 Å². The molecule has 0 heterocycles. The van der Waals surface area contributed by atoms with Crippen LogP contribution in [0.15, 0.2) is 22.7 Å². The molecule has 0 radical (unpaired) electrons. The van der Waals surface area contributed by atoms with E-state index in [4.69, 9.17) is 22.7 Å². The van der Waals surface area contributed by atoms with Gasteiger partial charge in [-0.15, -0.1) is 12.4 Å². The highest BCUT2D eigenvalue weighted by atomic mass is 79.9. The van der Waals surface area contributed by atoms with Gasteiger partial charge in [0, 0.05) is 15.9 Å². The molecule has 13 heavy (non-hydrogen) atoms. The Morgan fingerprint density at radius 3 is 2.54 bits per heavy atom. The molecule has 1 aromatic rings. The lowest BCUT2D eigenvalue weighted by Crippen LogP contribution is -2.12. The van der Waals surface area contributed by atoms with E-state index in [-0.39, 0.29) is 18.2 Å². The second kappa shape index (κ2) is 5.47. The first-order valence-electron chi connectivity index (χ1n) is 3.36. The monoisotopic (exact) mass is 282 g/mol. The van der Waals surface area contributed by atoms with Gasteiger partial charge >= 0.3 is 0 Å². The lowest BCUT2D eigenvalue weighted by Gasteiger charge is -2.00. The van der Waals surface area contributed by atoms with Crippen LogP contribution in [0, 0.1) is 5.41 Å². The molecule has 0 spiro atoms. The summed E-state index contributed by atoms with van der Waals surface area (Å²) < 4.78 is 0.909. The Labute approximate surface area is 96.5 Å². The highest BCUT2D eigenvalue weighted by molar-refractivity contribution is 9.10. The van der Waals surface area contributed by atoms with Crippen molar-refractivity contribution in [3.05, 3.63) is 33.3 Å². The van der Waals surface area contributed by atoms with Crippen LogP contribution >= 0.6 is 39.9 Å². The van der Waals surface area contributed by atoms with E-state index in [9.17, 15) is 0 Å². The third kappa shape index (κ3) is 4.50. The molecule has 0 bridgehead atoms. The first-order valence-corrected chi connectivity index (χ1v) is 4.53. The van der Waals surface area contributed by atoms with Crippen molar-refractivity contribution in [1.82, 2.24) is 0 Å². The number of benzene rings is 1. The summed E-state index contributed by atoms with van der Waals surface area (Å²) >= 11 is 9.10. The summed E-state index contributed by atoms with van der Waals surface area (Å²) in [6.45, 7) is 0. The van der Waals surface area contributed by atoms with Crippen LogP contribution in [-0.2, 0) is 6.42 Å². The fraction of sp³-hybridized carbons (Fsp3) is 0.125. The Morgan fingerprint density at radius 2 is 2.08 bits per heavy atom. The summed E-state index contributed by atoms with van der Waals surface area (Å²) in [4.78, 5) is 0. The average Bonchev–Trinajstić information content (AvgIpc) is 1.81. The van der Waals surface area contributed by atoms with Crippen LogP contribution in [-0.4, -0.2) is 5.84 Å². The number of amidine groups is 1. The number of hydrogen-bond acceptors (Lipinski definition) is 1. The maximum Gasteiger partial charge on any atom is 0.0950 e. The molecule has 1 rings (SSSR count). The minimum Gasteiger partial charge on any atom is -0.387 e. The van der Waals surface area contributed by atoms with Crippen LogP contribution in [0.1, 0.15) is 5.56 Å². The number of rotatable bonds is 2. The molecular weight excluding hydrogens is 275 g/mol. The van der Waals surface area contributed by atoms with Crippen molar-refractivity contribution in [3.8, 4) is 0 Å². The number of hydrogen-bond donors (Lipinski definition) is 2. The quantitative estimate of drug-likeness (QED) is 0.636. The van der Waals surface area contributed by atoms with E-state index in [1.807, 2.05) is 6.07 Å². The van der Waals surface area contributed by atoms with Crippen LogP contribution in [0.2, 0.25) is 5.02 Å². The second-order valence-corrected chi connectivity index (χ2v) is 3.83. The Kier molecular flexibility index (Phi) is 5.37. The Hall–Kier alpha value is -0.250. The fourth-order valence-electron chi connectivity index (χ4n) is 0.933. The number of halogens is 3. The molecule has 0 saturated carbocycles. The van der Waals surface area contributed by atoms with Gasteiger partial charge in [0.05, 0.1) is 5.84 Å². The highest BCUT2D eigenvalue weighted by Crippen LogP contribution is 2.19. The molecule has 0 unspecified atom stereocenters. The van der Waals surface area contributed by atoms with Gasteiger partial charge in [-0.1, -0.05) is 27.5 Å². The SMILES string of the molecule is Cl.N=C(N)Cc1cc(Cl)cc(Br)c1. The van der Waals surface area contributed by atoms with Gasteiger partial charge in [-0.3, -0.25) is 5.41 Å². The van der Waals surface area contributed by atoms with Crippen molar-refractivity contribution < 1.29 is 0 Å². The highest BCUT2D eigenvalue weighted by Gasteiger charge is 1.98. The lowest BCUT2D eigenvalue weighted by atomic mass is 10.1. The lowest BCUT2D eigenvalue weighted by molar-refractivity contribution is 1.24. The molecule has 0 fully saturated rings. The Bertz CT molecular complexity index is 295. The van der Waals surface area contributed by atoms with Gasteiger partial charge in [-0.2, -0.15) is 0 Å². The van der Waals surface area contributed by atoms with Crippen molar-refractivity contribution in [2.24, 2.45) is 5.73 Å². The fourth-order valence-corrected chi connectivity index (χ4v) is 1.86. The minimum absolute atomic E-state index is 0. The van der Waals surface area contributed by atoms with Crippen molar-refractivity contribution in [2.45, 2.75) is 6.42 Å². The van der Waals surface area contributed by atoms with E-state index in [2.05, 4.69) is 15.9 Å². The third-order valence-electron chi connectivity index (χ3n) is 1.32. The van der Waals surface area contributed by atoms with Gasteiger partial charge in [0.25, 0.3) is 0 Å². The minimum atomic E-state index is 0. The molecule has 0 amide bonds.